The Balaban J connectivity index is 1.91. The Labute approximate surface area is 117 Å². The molecule has 0 aromatic carbocycles. The average Bonchev–Trinajstić information content (AvgIpc) is 2.84. The highest BCUT2D eigenvalue weighted by Crippen LogP contribution is 2.36. The van der Waals surface area contributed by atoms with Crippen LogP contribution in [0, 0.1) is 5.41 Å². The Morgan fingerprint density at radius 1 is 1.33 bits per heavy atom. The van der Waals surface area contributed by atoms with Crippen LogP contribution in [0.5, 0.6) is 0 Å². The van der Waals surface area contributed by atoms with Crippen molar-refractivity contribution in [2.75, 3.05) is 12.4 Å². The van der Waals surface area contributed by atoms with Crippen molar-refractivity contribution in [3.63, 3.8) is 0 Å². The highest BCUT2D eigenvalue weighted by atomic mass is 35.5. The molecular weight excluding hydrogens is 273 g/mol. The fourth-order valence-corrected chi connectivity index (χ4v) is 2.96. The van der Waals surface area contributed by atoms with Crippen LogP contribution in [0.2, 0.25) is 5.22 Å². The maximum Gasteiger partial charge on any atom is 0.287 e. The van der Waals surface area contributed by atoms with Crippen molar-refractivity contribution in [1.29, 1.82) is 0 Å². The van der Waals surface area contributed by atoms with Gasteiger partial charge in [0.05, 0.1) is 0 Å². The van der Waals surface area contributed by atoms with Gasteiger partial charge in [-0.15, -0.1) is 11.6 Å². The summed E-state index contributed by atoms with van der Waals surface area (Å²) in [5.41, 5.74) is 0.0475. The summed E-state index contributed by atoms with van der Waals surface area (Å²) in [6, 6.07) is 3.14. The van der Waals surface area contributed by atoms with E-state index in [1.165, 1.54) is 19.3 Å². The van der Waals surface area contributed by atoms with Gasteiger partial charge in [0.1, 0.15) is 0 Å². The Bertz CT molecular complexity index is 411. The van der Waals surface area contributed by atoms with E-state index in [0.29, 0.717) is 12.4 Å². The molecule has 1 amide bonds. The van der Waals surface area contributed by atoms with Crippen molar-refractivity contribution >= 4 is 29.1 Å². The molecule has 0 saturated heterocycles. The zero-order chi connectivity index (χ0) is 13.0. The molecule has 0 unspecified atom stereocenters. The third kappa shape index (κ3) is 3.21. The lowest BCUT2D eigenvalue weighted by Gasteiger charge is -2.35. The second-order valence-electron chi connectivity index (χ2n) is 4.98. The molecule has 1 aliphatic rings. The Morgan fingerprint density at radius 3 is 2.61 bits per heavy atom. The molecule has 2 rings (SSSR count). The van der Waals surface area contributed by atoms with E-state index in [1.54, 1.807) is 12.1 Å². The molecule has 1 aliphatic carbocycles. The van der Waals surface area contributed by atoms with Gasteiger partial charge in [-0.25, -0.2) is 0 Å². The van der Waals surface area contributed by atoms with Gasteiger partial charge in [0, 0.05) is 17.8 Å². The second kappa shape index (κ2) is 5.98. The van der Waals surface area contributed by atoms with E-state index in [9.17, 15) is 4.79 Å². The normalized spacial score (nSPS) is 18.6. The van der Waals surface area contributed by atoms with Gasteiger partial charge < -0.3 is 9.73 Å². The molecular formula is C13H17Cl2NO2. The number of alkyl halides is 1. The standard InChI is InChI=1S/C13H17Cl2NO2/c14-8-13(6-2-1-3-7-13)9-16-12(17)10-4-5-11(15)18-10/h4-5H,1-3,6-9H2,(H,16,17). The predicted octanol–water partition coefficient (Wildman–Crippen LogP) is 3.85. The summed E-state index contributed by atoms with van der Waals surface area (Å²) >= 11 is 11.7. The molecule has 0 radical (unpaired) electrons. The van der Waals surface area contributed by atoms with Crippen LogP contribution >= 0.6 is 23.2 Å². The number of amides is 1. The number of furan rings is 1. The minimum atomic E-state index is -0.225. The average molecular weight is 290 g/mol. The van der Waals surface area contributed by atoms with Gasteiger partial charge in [0.2, 0.25) is 0 Å². The van der Waals surface area contributed by atoms with E-state index in [0.717, 1.165) is 12.8 Å². The number of rotatable bonds is 4. The van der Waals surface area contributed by atoms with Crippen molar-refractivity contribution in [2.24, 2.45) is 5.41 Å². The molecule has 1 heterocycles. The van der Waals surface area contributed by atoms with Crippen LogP contribution in [0.25, 0.3) is 0 Å². The molecule has 5 heteroatoms. The van der Waals surface area contributed by atoms with Gasteiger partial charge in [-0.05, 0) is 36.6 Å². The van der Waals surface area contributed by atoms with Crippen LogP contribution in [0.3, 0.4) is 0 Å². The van der Waals surface area contributed by atoms with E-state index in [2.05, 4.69) is 5.32 Å². The predicted molar refractivity (Wildman–Crippen MR) is 72.3 cm³/mol. The van der Waals surface area contributed by atoms with Gasteiger partial charge in [-0.3, -0.25) is 4.79 Å². The topological polar surface area (TPSA) is 42.2 Å². The minimum Gasteiger partial charge on any atom is -0.440 e. The maximum absolute atomic E-state index is 11.9. The van der Waals surface area contributed by atoms with Crippen LogP contribution < -0.4 is 5.32 Å². The van der Waals surface area contributed by atoms with E-state index in [1.807, 2.05) is 0 Å². The molecule has 1 aromatic rings. The van der Waals surface area contributed by atoms with Gasteiger partial charge in [0.25, 0.3) is 5.91 Å². The molecule has 0 spiro atoms. The van der Waals surface area contributed by atoms with E-state index >= 15 is 0 Å². The first-order valence-electron chi connectivity index (χ1n) is 6.25. The first-order chi connectivity index (χ1) is 8.65. The summed E-state index contributed by atoms with van der Waals surface area (Å²) in [5, 5.41) is 3.12. The van der Waals surface area contributed by atoms with E-state index < -0.39 is 0 Å². The van der Waals surface area contributed by atoms with Gasteiger partial charge in [-0.2, -0.15) is 0 Å². The Kier molecular flexibility index (Phi) is 4.57. The van der Waals surface area contributed by atoms with Gasteiger partial charge >= 0.3 is 0 Å². The van der Waals surface area contributed by atoms with Crippen LogP contribution in [0.1, 0.15) is 42.7 Å². The fraction of sp³-hybridized carbons (Fsp3) is 0.615. The van der Waals surface area contributed by atoms with E-state index in [-0.39, 0.29) is 22.3 Å². The SMILES string of the molecule is O=C(NCC1(CCl)CCCCC1)c1ccc(Cl)o1. The summed E-state index contributed by atoms with van der Waals surface area (Å²) in [6.45, 7) is 0.605. The minimum absolute atomic E-state index is 0.0475. The first-order valence-corrected chi connectivity index (χ1v) is 7.16. The number of nitrogens with one attached hydrogen (secondary N) is 1. The zero-order valence-corrected chi connectivity index (χ0v) is 11.7. The van der Waals surface area contributed by atoms with Crippen LogP contribution in [0.4, 0.5) is 0 Å². The zero-order valence-electron chi connectivity index (χ0n) is 10.2. The lowest BCUT2D eigenvalue weighted by molar-refractivity contribution is 0.0893. The lowest BCUT2D eigenvalue weighted by atomic mass is 9.75. The molecule has 0 atom stereocenters. The summed E-state index contributed by atoms with van der Waals surface area (Å²) < 4.78 is 5.07. The molecule has 1 N–H and O–H groups in total. The van der Waals surface area contributed by atoms with Crippen molar-refractivity contribution in [2.45, 2.75) is 32.1 Å². The van der Waals surface area contributed by atoms with Gasteiger partial charge in [-0.1, -0.05) is 19.3 Å². The third-order valence-electron chi connectivity index (χ3n) is 3.62. The quantitative estimate of drug-likeness (QED) is 0.856. The largest absolute Gasteiger partial charge is 0.440 e. The number of hydrogen-bond donors (Lipinski definition) is 1. The molecule has 3 nitrogen and oxygen atoms in total. The number of halogens is 2. The molecule has 0 bridgehead atoms. The highest BCUT2D eigenvalue weighted by Gasteiger charge is 2.31. The maximum atomic E-state index is 11.9. The van der Waals surface area contributed by atoms with Crippen molar-refractivity contribution in [3.8, 4) is 0 Å². The van der Waals surface area contributed by atoms with Crippen molar-refractivity contribution in [1.82, 2.24) is 5.32 Å². The van der Waals surface area contributed by atoms with Crippen molar-refractivity contribution < 1.29 is 9.21 Å². The van der Waals surface area contributed by atoms with Crippen molar-refractivity contribution in [3.05, 3.63) is 23.1 Å². The van der Waals surface area contributed by atoms with Gasteiger partial charge in [0.15, 0.2) is 11.0 Å². The van der Waals surface area contributed by atoms with Crippen LogP contribution in [-0.4, -0.2) is 18.3 Å². The number of carbonyl (C=O) groups excluding carboxylic acids is 1. The highest BCUT2D eigenvalue weighted by molar-refractivity contribution is 6.29. The Morgan fingerprint density at radius 2 is 2.06 bits per heavy atom. The third-order valence-corrected chi connectivity index (χ3v) is 4.39. The molecule has 18 heavy (non-hydrogen) atoms. The smallest absolute Gasteiger partial charge is 0.287 e. The molecule has 1 saturated carbocycles. The van der Waals surface area contributed by atoms with Crippen LogP contribution in [0.15, 0.2) is 16.5 Å². The second-order valence-corrected chi connectivity index (χ2v) is 5.62. The summed E-state index contributed by atoms with van der Waals surface area (Å²) in [7, 11) is 0. The summed E-state index contributed by atoms with van der Waals surface area (Å²) in [5.74, 6) is 0.615. The molecule has 100 valence electrons. The van der Waals surface area contributed by atoms with Crippen LogP contribution in [-0.2, 0) is 0 Å². The molecule has 1 fully saturated rings. The Hall–Kier alpha value is -0.670. The monoisotopic (exact) mass is 289 g/mol. The summed E-state index contributed by atoms with van der Waals surface area (Å²) in [6.07, 6.45) is 5.80. The lowest BCUT2D eigenvalue weighted by Crippen LogP contribution is -2.40. The fourth-order valence-electron chi connectivity index (χ4n) is 2.45. The number of hydrogen-bond acceptors (Lipinski definition) is 2. The first kappa shape index (κ1) is 13.8. The number of carbonyl (C=O) groups is 1. The van der Waals surface area contributed by atoms with E-state index in [4.69, 9.17) is 27.6 Å². The summed E-state index contributed by atoms with van der Waals surface area (Å²) in [4.78, 5) is 11.9. The molecule has 1 aromatic heterocycles. The molecule has 0 aliphatic heterocycles.